The van der Waals surface area contributed by atoms with E-state index in [2.05, 4.69) is 31.2 Å². The predicted molar refractivity (Wildman–Crippen MR) is 268 cm³/mol. The van der Waals surface area contributed by atoms with Crippen molar-refractivity contribution in [2.24, 2.45) is 0 Å². The molecule has 1 N–H and O–H groups in total. The number of carbonyl (C=O) groups is 5. The normalized spacial score (nSPS) is 14.4. The summed E-state index contributed by atoms with van der Waals surface area (Å²) in [4.78, 5) is 60.9. The second kappa shape index (κ2) is 23.5. The van der Waals surface area contributed by atoms with Crippen molar-refractivity contribution in [2.45, 2.75) is 104 Å². The molecule has 0 saturated carbocycles. The standard InChI is InChI=1S/C21H19FN2O3.C18H16BrFO3.C14H23BN2O4/c1-13(14-3-6-17(22)7-4-14)9-20(25)15-5-8-18(16-11-23-24-12-16)19(10-15)21(26)27-2;1-11(12-3-6-14(20)7-4-12)9-17(21)13-5-8-16(19)15(10-13)18(22)23-2;1-12(2,3)19-11(18)17-9-10(8-16-17)15-20-13(4,5)14(6,7)21-15/h3-8,10-13H,9H2,1-2H3,(H,23,24);3-8,10-11H,9H2,1-2H3;8-9H,1-7H3/t13-;11-;/m00./s1. The summed E-state index contributed by atoms with van der Waals surface area (Å²) in [6, 6.07) is 22.0. The number of ether oxygens (including phenoxy) is 3. The van der Waals surface area contributed by atoms with Crippen molar-refractivity contribution >= 4 is 58.1 Å². The smallest absolute Gasteiger partial charge is 0.465 e. The third-order valence-electron chi connectivity index (χ3n) is 11.8. The molecular weight excluding hydrogens is 981 g/mol. The molecular formula is C53H58BBrF2N4O10. The molecule has 4 aromatic carbocycles. The number of hydrogen-bond acceptors (Lipinski definition) is 12. The van der Waals surface area contributed by atoms with Crippen molar-refractivity contribution in [3.8, 4) is 11.1 Å². The first-order valence-electron chi connectivity index (χ1n) is 22.6. The summed E-state index contributed by atoms with van der Waals surface area (Å²) in [5.41, 5.74) is 3.92. The first-order chi connectivity index (χ1) is 33.3. The van der Waals surface area contributed by atoms with Crippen LogP contribution in [0.5, 0.6) is 0 Å². The zero-order chi connectivity index (χ0) is 52.4. The van der Waals surface area contributed by atoms with Gasteiger partial charge in [0.1, 0.15) is 17.2 Å². The van der Waals surface area contributed by atoms with Crippen LogP contribution in [0, 0.1) is 11.6 Å². The Bertz CT molecular complexity index is 2810. The maximum absolute atomic E-state index is 13.1. The zero-order valence-corrected chi connectivity index (χ0v) is 43.2. The van der Waals surface area contributed by atoms with E-state index in [-0.39, 0.29) is 47.9 Å². The third-order valence-corrected chi connectivity index (χ3v) is 12.5. The van der Waals surface area contributed by atoms with Crippen LogP contribution in [0.1, 0.15) is 140 Å². The number of Topliss-reactive ketones (excluding diaryl/α,β-unsaturated/α-hetero) is 2. The Morgan fingerprint density at radius 3 is 1.68 bits per heavy atom. The fourth-order valence-electron chi connectivity index (χ4n) is 7.07. The number of rotatable bonds is 12. The van der Waals surface area contributed by atoms with Crippen LogP contribution in [0.15, 0.2) is 114 Å². The molecule has 1 saturated heterocycles. The molecule has 0 radical (unpaired) electrons. The number of ketones is 2. The van der Waals surface area contributed by atoms with E-state index >= 15 is 0 Å². The number of nitrogens with zero attached hydrogens (tertiary/aromatic N) is 3. The molecule has 0 aliphatic carbocycles. The quantitative estimate of drug-likeness (QED) is 0.0532. The first kappa shape index (κ1) is 55.3. The van der Waals surface area contributed by atoms with E-state index in [1.807, 2.05) is 62.3 Å². The van der Waals surface area contributed by atoms with E-state index in [1.54, 1.807) is 79.4 Å². The van der Waals surface area contributed by atoms with Gasteiger partial charge in [-0.1, -0.05) is 56.3 Å². The molecule has 0 bridgehead atoms. The number of aromatic nitrogens is 4. The molecule has 1 fully saturated rings. The van der Waals surface area contributed by atoms with Gasteiger partial charge in [0.2, 0.25) is 0 Å². The van der Waals surface area contributed by atoms with E-state index in [0.29, 0.717) is 37.8 Å². The highest BCUT2D eigenvalue weighted by Crippen LogP contribution is 2.36. The van der Waals surface area contributed by atoms with Gasteiger partial charge >= 0.3 is 25.2 Å². The molecule has 0 amide bonds. The number of H-pyrrole nitrogens is 1. The van der Waals surface area contributed by atoms with E-state index in [9.17, 15) is 32.8 Å². The van der Waals surface area contributed by atoms with Gasteiger partial charge in [-0.05, 0) is 135 Å². The number of carbonyl (C=O) groups excluding carboxylic acids is 5. The molecule has 18 heteroatoms. The van der Waals surface area contributed by atoms with Crippen molar-refractivity contribution in [3.63, 3.8) is 0 Å². The molecule has 3 heterocycles. The zero-order valence-electron chi connectivity index (χ0n) is 41.6. The van der Waals surface area contributed by atoms with Crippen LogP contribution in [0.3, 0.4) is 0 Å². The van der Waals surface area contributed by atoms with Crippen LogP contribution < -0.4 is 5.46 Å². The van der Waals surface area contributed by atoms with Gasteiger partial charge in [-0.3, -0.25) is 14.7 Å². The number of hydrogen-bond donors (Lipinski definition) is 1. The number of aromatic amines is 1. The van der Waals surface area contributed by atoms with Crippen molar-refractivity contribution in [1.82, 2.24) is 20.0 Å². The van der Waals surface area contributed by atoms with Crippen LogP contribution in [-0.4, -0.2) is 87.7 Å². The summed E-state index contributed by atoms with van der Waals surface area (Å²) < 4.78 is 54.4. The van der Waals surface area contributed by atoms with E-state index < -0.39 is 42.0 Å². The minimum Gasteiger partial charge on any atom is -0.465 e. The van der Waals surface area contributed by atoms with Crippen molar-refractivity contribution < 1.29 is 56.3 Å². The molecule has 1 aliphatic rings. The second-order valence-electron chi connectivity index (χ2n) is 18.9. The molecule has 2 atom stereocenters. The van der Waals surface area contributed by atoms with Gasteiger partial charge in [0.15, 0.2) is 11.6 Å². The topological polar surface area (TPSA) is 178 Å². The molecule has 0 spiro atoms. The maximum Gasteiger partial charge on any atom is 0.498 e. The van der Waals surface area contributed by atoms with E-state index in [1.165, 1.54) is 44.6 Å². The molecule has 2 aromatic heterocycles. The molecule has 374 valence electrons. The van der Waals surface area contributed by atoms with Crippen LogP contribution >= 0.6 is 15.9 Å². The minimum absolute atomic E-state index is 0.0478. The lowest BCUT2D eigenvalue weighted by Gasteiger charge is -2.32. The Balaban J connectivity index is 0.000000200. The van der Waals surface area contributed by atoms with E-state index in [0.717, 1.165) is 21.4 Å². The summed E-state index contributed by atoms with van der Waals surface area (Å²) >= 11 is 3.27. The van der Waals surface area contributed by atoms with Crippen molar-refractivity contribution in [3.05, 3.63) is 159 Å². The van der Waals surface area contributed by atoms with Crippen molar-refractivity contribution in [2.75, 3.05) is 14.2 Å². The SMILES string of the molecule is CC(C)(C)OC(=O)n1cc(B2OC(C)(C)C(C)(C)O2)cn1.COC(=O)c1cc(C(=O)C[C@H](C)c2ccc(F)cc2)ccc1-c1cn[nH]c1.COC(=O)c1cc(C(=O)C[C@H](C)c2ccc(F)cc2)ccc1Br. The van der Waals surface area contributed by atoms with Crippen molar-refractivity contribution in [1.29, 1.82) is 0 Å². The molecule has 1 aliphatic heterocycles. The van der Waals surface area contributed by atoms with Gasteiger partial charge in [-0.15, -0.1) is 0 Å². The number of benzene rings is 4. The lowest BCUT2D eigenvalue weighted by atomic mass is 9.82. The molecule has 0 unspecified atom stereocenters. The monoisotopic (exact) mass is 1040 g/mol. The van der Waals surface area contributed by atoms with Gasteiger partial charge in [0.25, 0.3) is 0 Å². The summed E-state index contributed by atoms with van der Waals surface area (Å²) in [5, 5.41) is 10.6. The fourth-order valence-corrected chi connectivity index (χ4v) is 7.48. The van der Waals surface area contributed by atoms with Gasteiger partial charge in [0.05, 0.1) is 42.7 Å². The minimum atomic E-state index is -0.562. The average Bonchev–Trinajstić information content (AvgIpc) is 4.09. The maximum atomic E-state index is 13.1. The van der Waals surface area contributed by atoms with Crippen LogP contribution in [0.4, 0.5) is 13.6 Å². The third kappa shape index (κ3) is 14.7. The Morgan fingerprint density at radius 2 is 1.21 bits per heavy atom. The van der Waals surface area contributed by atoms with Gasteiger partial charge in [-0.25, -0.2) is 23.2 Å². The first-order valence-corrected chi connectivity index (χ1v) is 23.4. The molecule has 71 heavy (non-hydrogen) atoms. The van der Waals surface area contributed by atoms with Crippen LogP contribution in [0.2, 0.25) is 0 Å². The Labute approximate surface area is 421 Å². The van der Waals surface area contributed by atoms with Gasteiger partial charge in [-0.2, -0.15) is 14.9 Å². The number of esters is 2. The molecule has 7 rings (SSSR count). The summed E-state index contributed by atoms with van der Waals surface area (Å²) in [6.07, 6.45) is 6.40. The fraction of sp³-hybridized carbons (Fsp3) is 0.340. The summed E-state index contributed by atoms with van der Waals surface area (Å²) in [7, 11) is 2.05. The largest absolute Gasteiger partial charge is 0.498 e. The molecule has 14 nitrogen and oxygen atoms in total. The number of nitrogens with one attached hydrogen (secondary N) is 1. The lowest BCUT2D eigenvalue weighted by molar-refractivity contribution is 0.00578. The van der Waals surface area contributed by atoms with E-state index in [4.69, 9.17) is 23.5 Å². The Morgan fingerprint density at radius 1 is 0.732 bits per heavy atom. The highest BCUT2D eigenvalue weighted by atomic mass is 79.9. The van der Waals surface area contributed by atoms with Crippen LogP contribution in [0.25, 0.3) is 11.1 Å². The lowest BCUT2D eigenvalue weighted by Crippen LogP contribution is -2.41. The Hall–Kier alpha value is -6.63. The number of halogens is 3. The number of methoxy groups -OCH3 is 2. The van der Waals surface area contributed by atoms with Crippen LogP contribution in [-0.2, 0) is 23.5 Å². The van der Waals surface area contributed by atoms with Gasteiger partial charge < -0.3 is 23.5 Å². The summed E-state index contributed by atoms with van der Waals surface area (Å²) in [5.74, 6) is -1.94. The second-order valence-corrected chi connectivity index (χ2v) is 19.7. The highest BCUT2D eigenvalue weighted by Gasteiger charge is 2.52. The average molecular weight is 1040 g/mol. The predicted octanol–water partition coefficient (Wildman–Crippen LogP) is 11.1. The summed E-state index contributed by atoms with van der Waals surface area (Å²) in [6.45, 7) is 17.2. The molecule has 6 aromatic rings. The highest BCUT2D eigenvalue weighted by molar-refractivity contribution is 9.10. The van der Waals surface area contributed by atoms with Gasteiger partial charge in [0, 0.05) is 58.1 Å². The Kier molecular flexibility index (Phi) is 18.3.